The van der Waals surface area contributed by atoms with Crippen LogP contribution in [0.2, 0.25) is 0 Å². The van der Waals surface area contributed by atoms with Crippen LogP contribution in [0.3, 0.4) is 0 Å². The lowest BCUT2D eigenvalue weighted by Gasteiger charge is -2.00. The number of carboxylic acid groups (broad SMARTS) is 1. The fraction of sp³-hybridized carbons (Fsp3) is 0.200. The van der Waals surface area contributed by atoms with Crippen LogP contribution in [0.25, 0.3) is 10.2 Å². The van der Waals surface area contributed by atoms with E-state index in [4.69, 9.17) is 5.11 Å². The molecule has 1 heterocycles. The summed E-state index contributed by atoms with van der Waals surface area (Å²) in [5, 5.41) is 8.32. The van der Waals surface area contributed by atoms with Gasteiger partial charge in [0.05, 0.1) is 10.2 Å². The van der Waals surface area contributed by atoms with Gasteiger partial charge in [0.1, 0.15) is 5.25 Å². The first-order chi connectivity index (χ1) is 7.16. The number of nitrogens with zero attached hydrogens (tertiary/aromatic N) is 1. The fourth-order valence-electron chi connectivity index (χ4n) is 1.10. The SMILES string of the molecule is C[C@@H](Sc1nc2ccccc2s1)C(=O)O. The molecule has 0 aliphatic heterocycles. The molecule has 0 radical (unpaired) electrons. The first-order valence-corrected chi connectivity index (χ1v) is 6.11. The minimum absolute atomic E-state index is 0.453. The van der Waals surface area contributed by atoms with Crippen LogP contribution in [0.4, 0.5) is 0 Å². The molecule has 78 valence electrons. The van der Waals surface area contributed by atoms with E-state index < -0.39 is 11.2 Å². The maximum atomic E-state index is 10.7. The number of carbonyl (C=O) groups is 1. The number of fused-ring (bicyclic) bond motifs is 1. The Morgan fingerprint density at radius 1 is 1.53 bits per heavy atom. The largest absolute Gasteiger partial charge is 0.480 e. The summed E-state index contributed by atoms with van der Waals surface area (Å²) >= 11 is 2.82. The van der Waals surface area contributed by atoms with Crippen molar-refractivity contribution in [1.29, 1.82) is 0 Å². The van der Waals surface area contributed by atoms with Crippen LogP contribution in [0, 0.1) is 0 Å². The van der Waals surface area contributed by atoms with Crippen LogP contribution in [0.15, 0.2) is 28.6 Å². The zero-order valence-electron chi connectivity index (χ0n) is 8.01. The van der Waals surface area contributed by atoms with E-state index in [1.165, 1.54) is 23.1 Å². The van der Waals surface area contributed by atoms with E-state index in [2.05, 4.69) is 4.98 Å². The molecule has 0 saturated carbocycles. The number of thiazole rings is 1. The van der Waals surface area contributed by atoms with E-state index in [1.54, 1.807) is 6.92 Å². The Balaban J connectivity index is 2.26. The number of rotatable bonds is 3. The van der Waals surface area contributed by atoms with Gasteiger partial charge in [-0.05, 0) is 19.1 Å². The molecule has 0 spiro atoms. The second kappa shape index (κ2) is 4.20. The minimum atomic E-state index is -0.806. The van der Waals surface area contributed by atoms with Crippen molar-refractivity contribution in [3.63, 3.8) is 0 Å². The van der Waals surface area contributed by atoms with Gasteiger partial charge in [-0.2, -0.15) is 0 Å². The van der Waals surface area contributed by atoms with Gasteiger partial charge in [-0.25, -0.2) is 4.98 Å². The molecule has 0 fully saturated rings. The second-order valence-corrected chi connectivity index (χ2v) is 5.66. The van der Waals surface area contributed by atoms with E-state index >= 15 is 0 Å². The van der Waals surface area contributed by atoms with Gasteiger partial charge >= 0.3 is 5.97 Å². The molecule has 0 bridgehead atoms. The molecule has 0 aliphatic carbocycles. The summed E-state index contributed by atoms with van der Waals surface area (Å²) in [6, 6.07) is 7.80. The van der Waals surface area contributed by atoms with Crippen LogP contribution in [-0.4, -0.2) is 21.3 Å². The number of benzene rings is 1. The molecule has 1 atom stereocenters. The molecule has 1 aromatic heterocycles. The molecule has 0 unspecified atom stereocenters. The number of aromatic nitrogens is 1. The van der Waals surface area contributed by atoms with Crippen LogP contribution in [0.1, 0.15) is 6.92 Å². The maximum absolute atomic E-state index is 10.7. The van der Waals surface area contributed by atoms with Crippen molar-refractivity contribution in [2.24, 2.45) is 0 Å². The molecule has 1 N–H and O–H groups in total. The quantitative estimate of drug-likeness (QED) is 0.837. The van der Waals surface area contributed by atoms with Crippen molar-refractivity contribution < 1.29 is 9.90 Å². The van der Waals surface area contributed by atoms with Crippen LogP contribution >= 0.6 is 23.1 Å². The standard InChI is InChI=1S/C10H9NO2S2/c1-6(9(12)13)14-10-11-7-4-2-3-5-8(7)15-10/h2-6H,1H3,(H,12,13)/t6-/m1/s1. The third-order valence-corrected chi connectivity index (χ3v) is 4.12. The van der Waals surface area contributed by atoms with Gasteiger partial charge in [0.15, 0.2) is 4.34 Å². The van der Waals surface area contributed by atoms with E-state index in [0.29, 0.717) is 0 Å². The lowest BCUT2D eigenvalue weighted by atomic mass is 10.3. The Labute approximate surface area is 95.1 Å². The van der Waals surface area contributed by atoms with Crippen LogP contribution < -0.4 is 0 Å². The van der Waals surface area contributed by atoms with Crippen LogP contribution in [0.5, 0.6) is 0 Å². The average Bonchev–Trinajstić information content (AvgIpc) is 2.59. The zero-order valence-corrected chi connectivity index (χ0v) is 9.64. The van der Waals surface area contributed by atoms with Crippen molar-refractivity contribution in [2.45, 2.75) is 16.5 Å². The molecule has 5 heteroatoms. The Bertz CT molecular complexity index is 462. The van der Waals surface area contributed by atoms with Gasteiger partial charge in [-0.15, -0.1) is 11.3 Å². The first-order valence-electron chi connectivity index (χ1n) is 4.42. The highest BCUT2D eigenvalue weighted by Gasteiger charge is 2.14. The van der Waals surface area contributed by atoms with Crippen molar-refractivity contribution in [1.82, 2.24) is 4.98 Å². The Hall–Kier alpha value is -1.07. The first kappa shape index (κ1) is 10.4. The molecule has 2 aromatic rings. The van der Waals surface area contributed by atoms with Gasteiger partial charge in [0.25, 0.3) is 0 Å². The Kier molecular flexibility index (Phi) is 2.93. The highest BCUT2D eigenvalue weighted by molar-refractivity contribution is 8.02. The molecule has 0 aliphatic rings. The summed E-state index contributed by atoms with van der Waals surface area (Å²) in [7, 11) is 0. The minimum Gasteiger partial charge on any atom is -0.480 e. The van der Waals surface area contributed by atoms with Gasteiger partial charge in [0, 0.05) is 0 Å². The van der Waals surface area contributed by atoms with Gasteiger partial charge in [0.2, 0.25) is 0 Å². The third-order valence-electron chi connectivity index (χ3n) is 1.90. The fourth-order valence-corrected chi connectivity index (χ4v) is 3.25. The molecule has 15 heavy (non-hydrogen) atoms. The third kappa shape index (κ3) is 2.30. The normalized spacial score (nSPS) is 12.9. The number of thioether (sulfide) groups is 1. The lowest BCUT2D eigenvalue weighted by molar-refractivity contribution is -0.136. The van der Waals surface area contributed by atoms with Crippen LogP contribution in [-0.2, 0) is 4.79 Å². The molecule has 0 saturated heterocycles. The monoisotopic (exact) mass is 239 g/mol. The number of hydrogen-bond acceptors (Lipinski definition) is 4. The molecule has 3 nitrogen and oxygen atoms in total. The Morgan fingerprint density at radius 3 is 2.93 bits per heavy atom. The number of para-hydroxylation sites is 1. The van der Waals surface area contributed by atoms with Crippen molar-refractivity contribution in [3.05, 3.63) is 24.3 Å². The molecular weight excluding hydrogens is 230 g/mol. The zero-order chi connectivity index (χ0) is 10.8. The topological polar surface area (TPSA) is 50.2 Å². The predicted molar refractivity (Wildman–Crippen MR) is 62.6 cm³/mol. The molecule has 1 aromatic carbocycles. The summed E-state index contributed by atoms with van der Waals surface area (Å²) in [4.78, 5) is 15.0. The predicted octanol–water partition coefficient (Wildman–Crippen LogP) is 2.86. The summed E-state index contributed by atoms with van der Waals surface area (Å²) in [5.74, 6) is -0.806. The van der Waals surface area contributed by atoms with E-state index in [1.807, 2.05) is 24.3 Å². The van der Waals surface area contributed by atoms with E-state index in [9.17, 15) is 4.79 Å². The lowest BCUT2D eigenvalue weighted by Crippen LogP contribution is -2.10. The number of hydrogen-bond donors (Lipinski definition) is 1. The van der Waals surface area contributed by atoms with E-state index in [-0.39, 0.29) is 0 Å². The summed E-state index contributed by atoms with van der Waals surface area (Å²) in [6.45, 7) is 1.67. The van der Waals surface area contributed by atoms with Gasteiger partial charge < -0.3 is 5.11 Å². The summed E-state index contributed by atoms with van der Waals surface area (Å²) in [6.07, 6.45) is 0. The van der Waals surface area contributed by atoms with Gasteiger partial charge in [-0.3, -0.25) is 4.79 Å². The van der Waals surface area contributed by atoms with Crippen molar-refractivity contribution in [3.8, 4) is 0 Å². The summed E-state index contributed by atoms with van der Waals surface area (Å²) in [5.41, 5.74) is 0.933. The number of carboxylic acids is 1. The average molecular weight is 239 g/mol. The highest BCUT2D eigenvalue weighted by Crippen LogP contribution is 2.31. The van der Waals surface area contributed by atoms with Crippen molar-refractivity contribution >= 4 is 39.3 Å². The molecule has 2 rings (SSSR count). The summed E-state index contributed by atoms with van der Waals surface area (Å²) < 4.78 is 1.91. The van der Waals surface area contributed by atoms with Gasteiger partial charge in [-0.1, -0.05) is 23.9 Å². The maximum Gasteiger partial charge on any atom is 0.316 e. The molecule has 0 amide bonds. The molecular formula is C10H9NO2S2. The highest BCUT2D eigenvalue weighted by atomic mass is 32.2. The Morgan fingerprint density at radius 2 is 2.27 bits per heavy atom. The van der Waals surface area contributed by atoms with Crippen molar-refractivity contribution in [2.75, 3.05) is 0 Å². The second-order valence-electron chi connectivity index (χ2n) is 3.05. The van der Waals surface area contributed by atoms with E-state index in [0.717, 1.165) is 14.6 Å². The smallest absolute Gasteiger partial charge is 0.316 e. The number of aliphatic carboxylic acids is 1.